The summed E-state index contributed by atoms with van der Waals surface area (Å²) in [6.07, 6.45) is 1.08. The summed E-state index contributed by atoms with van der Waals surface area (Å²) in [6.45, 7) is 2.84. The van der Waals surface area contributed by atoms with Crippen molar-refractivity contribution in [2.75, 3.05) is 6.54 Å². The molecule has 19 heavy (non-hydrogen) atoms. The van der Waals surface area contributed by atoms with Gasteiger partial charge >= 0.3 is 0 Å². The van der Waals surface area contributed by atoms with E-state index in [0.717, 1.165) is 11.3 Å². The van der Waals surface area contributed by atoms with Crippen molar-refractivity contribution in [1.82, 2.24) is 15.1 Å². The smallest absolute Gasteiger partial charge is 0.129 e. The third kappa shape index (κ3) is 3.39. The van der Waals surface area contributed by atoms with E-state index in [9.17, 15) is 9.50 Å². The number of aryl methyl sites for hydroxylation is 2. The van der Waals surface area contributed by atoms with Crippen molar-refractivity contribution in [3.63, 3.8) is 0 Å². The Bertz CT molecular complexity index is 553. The number of aliphatic hydroxyl groups is 1. The Morgan fingerprint density at radius 2 is 2.16 bits per heavy atom. The Hall–Kier alpha value is -1.72. The SMILES string of the molecule is Cc1nn(C)cc1CNCC(O)c1ccccc1F. The van der Waals surface area contributed by atoms with E-state index >= 15 is 0 Å². The van der Waals surface area contributed by atoms with Gasteiger partial charge in [0.05, 0.1) is 11.8 Å². The Morgan fingerprint density at radius 1 is 1.42 bits per heavy atom. The van der Waals surface area contributed by atoms with E-state index in [0.29, 0.717) is 18.7 Å². The molecule has 0 aliphatic heterocycles. The molecule has 0 bridgehead atoms. The molecular weight excluding hydrogens is 245 g/mol. The number of hydrogen-bond donors (Lipinski definition) is 2. The molecule has 0 fully saturated rings. The summed E-state index contributed by atoms with van der Waals surface area (Å²) in [5.74, 6) is -0.380. The molecule has 2 aromatic rings. The quantitative estimate of drug-likeness (QED) is 0.863. The molecule has 4 nitrogen and oxygen atoms in total. The monoisotopic (exact) mass is 263 g/mol. The van der Waals surface area contributed by atoms with Crippen molar-refractivity contribution >= 4 is 0 Å². The van der Waals surface area contributed by atoms with Crippen molar-refractivity contribution in [2.24, 2.45) is 7.05 Å². The van der Waals surface area contributed by atoms with Crippen LogP contribution in [0.15, 0.2) is 30.5 Å². The molecule has 0 amide bonds. The highest BCUT2D eigenvalue weighted by Crippen LogP contribution is 2.15. The van der Waals surface area contributed by atoms with Gasteiger partial charge in [-0.25, -0.2) is 4.39 Å². The van der Waals surface area contributed by atoms with Crippen LogP contribution < -0.4 is 5.32 Å². The van der Waals surface area contributed by atoms with Gasteiger partial charge in [-0.2, -0.15) is 5.10 Å². The highest BCUT2D eigenvalue weighted by molar-refractivity contribution is 5.20. The first-order chi connectivity index (χ1) is 9.08. The molecule has 1 atom stereocenters. The van der Waals surface area contributed by atoms with Gasteiger partial charge in [0.15, 0.2) is 0 Å². The van der Waals surface area contributed by atoms with Gasteiger partial charge in [0, 0.05) is 37.5 Å². The van der Waals surface area contributed by atoms with Gasteiger partial charge < -0.3 is 10.4 Å². The van der Waals surface area contributed by atoms with E-state index < -0.39 is 6.10 Å². The zero-order valence-electron chi connectivity index (χ0n) is 11.1. The first-order valence-corrected chi connectivity index (χ1v) is 6.20. The molecular formula is C14H18FN3O. The van der Waals surface area contributed by atoms with Gasteiger partial charge in [0.25, 0.3) is 0 Å². The van der Waals surface area contributed by atoms with Crippen molar-refractivity contribution in [3.05, 3.63) is 53.1 Å². The van der Waals surface area contributed by atoms with Crippen LogP contribution in [-0.4, -0.2) is 21.4 Å². The van der Waals surface area contributed by atoms with Crippen molar-refractivity contribution in [1.29, 1.82) is 0 Å². The molecule has 1 aromatic heterocycles. The summed E-state index contributed by atoms with van der Waals surface area (Å²) in [4.78, 5) is 0. The standard InChI is InChI=1S/C14H18FN3O/c1-10-11(9-18(2)17-10)7-16-8-14(19)12-5-3-4-6-13(12)15/h3-6,9,14,16,19H,7-8H2,1-2H3. The lowest BCUT2D eigenvalue weighted by molar-refractivity contribution is 0.169. The molecule has 0 saturated carbocycles. The number of benzene rings is 1. The van der Waals surface area contributed by atoms with Crippen LogP contribution in [0.5, 0.6) is 0 Å². The second-order valence-electron chi connectivity index (χ2n) is 4.58. The third-order valence-corrected chi connectivity index (χ3v) is 3.03. The Morgan fingerprint density at radius 3 is 2.79 bits per heavy atom. The van der Waals surface area contributed by atoms with E-state index in [1.54, 1.807) is 22.9 Å². The zero-order valence-corrected chi connectivity index (χ0v) is 11.1. The molecule has 0 aliphatic carbocycles. The molecule has 1 heterocycles. The molecule has 0 radical (unpaired) electrons. The molecule has 0 spiro atoms. The normalized spacial score (nSPS) is 12.6. The van der Waals surface area contributed by atoms with Crippen LogP contribution in [0.3, 0.4) is 0 Å². The lowest BCUT2D eigenvalue weighted by Crippen LogP contribution is -2.21. The van der Waals surface area contributed by atoms with Crippen molar-refractivity contribution < 1.29 is 9.50 Å². The maximum Gasteiger partial charge on any atom is 0.129 e. The van der Waals surface area contributed by atoms with E-state index in [1.807, 2.05) is 20.2 Å². The summed E-state index contributed by atoms with van der Waals surface area (Å²) in [5, 5.41) is 17.3. The average molecular weight is 263 g/mol. The third-order valence-electron chi connectivity index (χ3n) is 3.03. The van der Waals surface area contributed by atoms with E-state index in [1.165, 1.54) is 6.07 Å². The number of rotatable bonds is 5. The number of nitrogens with one attached hydrogen (secondary N) is 1. The largest absolute Gasteiger partial charge is 0.387 e. The second kappa shape index (κ2) is 5.95. The fourth-order valence-electron chi connectivity index (χ4n) is 2.02. The highest BCUT2D eigenvalue weighted by atomic mass is 19.1. The lowest BCUT2D eigenvalue weighted by atomic mass is 10.1. The fourth-order valence-corrected chi connectivity index (χ4v) is 2.02. The van der Waals surface area contributed by atoms with E-state index in [2.05, 4.69) is 10.4 Å². The molecule has 1 unspecified atom stereocenters. The van der Waals surface area contributed by atoms with Crippen LogP contribution >= 0.6 is 0 Å². The summed E-state index contributed by atoms with van der Waals surface area (Å²) < 4.78 is 15.2. The van der Waals surface area contributed by atoms with Crippen LogP contribution in [0.25, 0.3) is 0 Å². The second-order valence-corrected chi connectivity index (χ2v) is 4.58. The van der Waals surface area contributed by atoms with Gasteiger partial charge in [0.1, 0.15) is 5.82 Å². The number of halogens is 1. The molecule has 0 saturated heterocycles. The molecule has 2 N–H and O–H groups in total. The fraction of sp³-hybridized carbons (Fsp3) is 0.357. The van der Waals surface area contributed by atoms with Gasteiger partial charge in [-0.3, -0.25) is 4.68 Å². The van der Waals surface area contributed by atoms with E-state index in [-0.39, 0.29) is 5.82 Å². The molecule has 2 rings (SSSR count). The molecule has 102 valence electrons. The van der Waals surface area contributed by atoms with Crippen LogP contribution in [0.2, 0.25) is 0 Å². The van der Waals surface area contributed by atoms with Crippen LogP contribution in [0.1, 0.15) is 22.9 Å². The van der Waals surface area contributed by atoms with Gasteiger partial charge in [-0.1, -0.05) is 18.2 Å². The lowest BCUT2D eigenvalue weighted by Gasteiger charge is -2.12. The zero-order chi connectivity index (χ0) is 13.8. The summed E-state index contributed by atoms with van der Waals surface area (Å²) >= 11 is 0. The summed E-state index contributed by atoms with van der Waals surface area (Å²) in [6, 6.07) is 6.27. The predicted molar refractivity (Wildman–Crippen MR) is 71.0 cm³/mol. The molecule has 0 aliphatic rings. The molecule has 1 aromatic carbocycles. The van der Waals surface area contributed by atoms with Gasteiger partial charge in [-0.15, -0.1) is 0 Å². The first-order valence-electron chi connectivity index (χ1n) is 6.20. The maximum atomic E-state index is 13.5. The van der Waals surface area contributed by atoms with Crippen molar-refractivity contribution in [3.8, 4) is 0 Å². The highest BCUT2D eigenvalue weighted by Gasteiger charge is 2.12. The average Bonchev–Trinajstić information content (AvgIpc) is 2.68. The minimum atomic E-state index is -0.849. The van der Waals surface area contributed by atoms with E-state index in [4.69, 9.17) is 0 Å². The molecule has 5 heteroatoms. The number of hydrogen-bond acceptors (Lipinski definition) is 3. The van der Waals surface area contributed by atoms with Crippen LogP contribution in [0.4, 0.5) is 4.39 Å². The number of aromatic nitrogens is 2. The maximum absolute atomic E-state index is 13.5. The van der Waals surface area contributed by atoms with Gasteiger partial charge in [-0.05, 0) is 13.0 Å². The minimum Gasteiger partial charge on any atom is -0.387 e. The van der Waals surface area contributed by atoms with Crippen molar-refractivity contribution in [2.45, 2.75) is 19.6 Å². The minimum absolute atomic E-state index is 0.301. The Kier molecular flexibility index (Phi) is 4.29. The van der Waals surface area contributed by atoms with Crippen LogP contribution in [0, 0.1) is 12.7 Å². The van der Waals surface area contributed by atoms with Gasteiger partial charge in [0.2, 0.25) is 0 Å². The first kappa shape index (κ1) is 13.7. The number of aliphatic hydroxyl groups excluding tert-OH is 1. The Balaban J connectivity index is 1.89. The summed E-state index contributed by atoms with van der Waals surface area (Å²) in [7, 11) is 1.87. The van der Waals surface area contributed by atoms with Crippen LogP contribution in [-0.2, 0) is 13.6 Å². The Labute approximate surface area is 111 Å². The summed E-state index contributed by atoms with van der Waals surface area (Å²) in [5.41, 5.74) is 2.34. The predicted octanol–water partition coefficient (Wildman–Crippen LogP) is 1.69. The number of nitrogens with zero attached hydrogens (tertiary/aromatic N) is 2. The topological polar surface area (TPSA) is 50.1 Å².